The van der Waals surface area contributed by atoms with Crippen LogP contribution in [0.25, 0.3) is 33.6 Å². The smallest absolute Gasteiger partial charge is 0.218 e. The first-order valence-electron chi connectivity index (χ1n) is 11.1. The van der Waals surface area contributed by atoms with Crippen molar-refractivity contribution in [3.8, 4) is 33.6 Å². The van der Waals surface area contributed by atoms with Gasteiger partial charge in [-0.1, -0.05) is 92.1 Å². The Balaban J connectivity index is 1.59. The number of aromatic nitrogens is 2. The molecule has 2 nitrogen and oxygen atoms in total. The molecule has 3 aromatic carbocycles. The van der Waals surface area contributed by atoms with Gasteiger partial charge in [-0.15, -0.1) is 0 Å². The second kappa shape index (κ2) is 7.32. The van der Waals surface area contributed by atoms with Crippen LogP contribution in [0.3, 0.4) is 0 Å². The molecular formula is C28H23ClN2. The number of nitrogens with zero attached hydrogens (tertiary/aromatic N) is 2. The molecule has 2 aliphatic carbocycles. The van der Waals surface area contributed by atoms with Crippen LogP contribution in [0, 0.1) is 0 Å². The van der Waals surface area contributed by atoms with E-state index in [1.807, 2.05) is 18.2 Å². The van der Waals surface area contributed by atoms with E-state index in [1.165, 1.54) is 54.4 Å². The lowest BCUT2D eigenvalue weighted by Crippen LogP contribution is -2.27. The molecule has 4 aromatic rings. The molecule has 6 rings (SSSR count). The highest BCUT2D eigenvalue weighted by atomic mass is 35.5. The van der Waals surface area contributed by atoms with Crippen molar-refractivity contribution in [2.75, 3.05) is 0 Å². The van der Waals surface area contributed by atoms with Crippen LogP contribution in [-0.4, -0.2) is 9.97 Å². The molecule has 0 aliphatic heterocycles. The van der Waals surface area contributed by atoms with Gasteiger partial charge in [-0.2, -0.15) is 0 Å². The third-order valence-corrected chi connectivity index (χ3v) is 7.21. The highest BCUT2D eigenvalue weighted by molar-refractivity contribution is 6.28. The summed E-state index contributed by atoms with van der Waals surface area (Å²) in [5.74, 6) is 0. The molecule has 0 saturated heterocycles. The third-order valence-electron chi connectivity index (χ3n) is 7.04. The van der Waals surface area contributed by atoms with Crippen LogP contribution < -0.4 is 0 Å². The van der Waals surface area contributed by atoms with Gasteiger partial charge in [-0.05, 0) is 52.8 Å². The predicted octanol–water partition coefficient (Wildman–Crippen LogP) is 7.69. The van der Waals surface area contributed by atoms with Crippen molar-refractivity contribution in [2.24, 2.45) is 0 Å². The topological polar surface area (TPSA) is 25.8 Å². The van der Waals surface area contributed by atoms with Crippen LogP contribution in [0.5, 0.6) is 0 Å². The van der Waals surface area contributed by atoms with E-state index >= 15 is 0 Å². The first-order valence-corrected chi connectivity index (χ1v) is 11.5. The standard InChI is InChI=1S/C28H23ClN2/c29-27-30-24(19-10-3-1-4-11-19)18-25(31-27)21-13-9-15-23-26(21)20-12-5-6-14-22(20)28(23)16-7-2-8-17-28/h1,3-6,9-15,18H,2,7-8,16-17H2. The van der Waals surface area contributed by atoms with Gasteiger partial charge in [0.1, 0.15) is 0 Å². The molecule has 31 heavy (non-hydrogen) atoms. The van der Waals surface area contributed by atoms with E-state index in [0.717, 1.165) is 22.5 Å². The van der Waals surface area contributed by atoms with E-state index in [2.05, 4.69) is 70.6 Å². The van der Waals surface area contributed by atoms with Crippen molar-refractivity contribution in [3.63, 3.8) is 0 Å². The number of fused-ring (bicyclic) bond motifs is 5. The Kier molecular flexibility index (Phi) is 4.43. The molecule has 1 fully saturated rings. The summed E-state index contributed by atoms with van der Waals surface area (Å²) in [4.78, 5) is 9.17. The van der Waals surface area contributed by atoms with Crippen molar-refractivity contribution in [1.29, 1.82) is 0 Å². The molecule has 2 aliphatic rings. The van der Waals surface area contributed by atoms with Crippen molar-refractivity contribution in [3.05, 3.63) is 95.3 Å². The molecule has 0 atom stereocenters. The van der Waals surface area contributed by atoms with Crippen molar-refractivity contribution < 1.29 is 0 Å². The van der Waals surface area contributed by atoms with E-state index in [-0.39, 0.29) is 10.7 Å². The molecule has 0 unspecified atom stereocenters. The maximum atomic E-state index is 6.42. The van der Waals surface area contributed by atoms with E-state index in [4.69, 9.17) is 11.6 Å². The monoisotopic (exact) mass is 422 g/mol. The Bertz CT molecular complexity index is 1270. The minimum absolute atomic E-state index is 0.138. The molecule has 1 saturated carbocycles. The fraction of sp³-hybridized carbons (Fsp3) is 0.214. The van der Waals surface area contributed by atoms with Crippen LogP contribution in [0.2, 0.25) is 5.28 Å². The second-order valence-electron chi connectivity index (χ2n) is 8.69. The molecule has 3 heteroatoms. The maximum absolute atomic E-state index is 6.42. The van der Waals surface area contributed by atoms with Gasteiger partial charge < -0.3 is 0 Å². The normalized spacial score (nSPS) is 16.2. The van der Waals surface area contributed by atoms with Gasteiger partial charge >= 0.3 is 0 Å². The summed E-state index contributed by atoms with van der Waals surface area (Å²) in [7, 11) is 0. The number of rotatable bonds is 2. The van der Waals surface area contributed by atoms with Gasteiger partial charge in [-0.25, -0.2) is 9.97 Å². The van der Waals surface area contributed by atoms with E-state index < -0.39 is 0 Å². The van der Waals surface area contributed by atoms with Gasteiger partial charge in [-0.3, -0.25) is 0 Å². The summed E-state index contributed by atoms with van der Waals surface area (Å²) in [5.41, 5.74) is 9.70. The molecule has 0 amide bonds. The summed E-state index contributed by atoms with van der Waals surface area (Å²) in [5, 5.41) is 0.285. The Morgan fingerprint density at radius 1 is 0.645 bits per heavy atom. The minimum Gasteiger partial charge on any atom is -0.218 e. The second-order valence-corrected chi connectivity index (χ2v) is 9.03. The predicted molar refractivity (Wildman–Crippen MR) is 127 cm³/mol. The number of benzene rings is 3. The molecule has 0 radical (unpaired) electrons. The van der Waals surface area contributed by atoms with E-state index in [9.17, 15) is 0 Å². The highest BCUT2D eigenvalue weighted by Crippen LogP contribution is 2.57. The average Bonchev–Trinajstić information content (AvgIpc) is 3.10. The summed E-state index contributed by atoms with van der Waals surface area (Å²) >= 11 is 6.42. The maximum Gasteiger partial charge on any atom is 0.223 e. The van der Waals surface area contributed by atoms with Crippen molar-refractivity contribution in [1.82, 2.24) is 9.97 Å². The van der Waals surface area contributed by atoms with Crippen molar-refractivity contribution in [2.45, 2.75) is 37.5 Å². The van der Waals surface area contributed by atoms with Gasteiger partial charge in [0.05, 0.1) is 11.4 Å². The lowest BCUT2D eigenvalue weighted by molar-refractivity contribution is 0.353. The summed E-state index contributed by atoms with van der Waals surface area (Å²) in [6, 6.07) is 27.9. The largest absolute Gasteiger partial charge is 0.223 e. The molecule has 0 bridgehead atoms. The first kappa shape index (κ1) is 18.8. The van der Waals surface area contributed by atoms with Crippen LogP contribution in [-0.2, 0) is 5.41 Å². The molecular weight excluding hydrogens is 400 g/mol. The quantitative estimate of drug-likeness (QED) is 0.309. The van der Waals surface area contributed by atoms with Gasteiger partial charge in [0.25, 0.3) is 0 Å². The highest BCUT2D eigenvalue weighted by Gasteiger charge is 2.44. The van der Waals surface area contributed by atoms with Crippen molar-refractivity contribution >= 4 is 11.6 Å². The number of hydrogen-bond acceptors (Lipinski definition) is 2. The SMILES string of the molecule is Clc1nc(-c2ccccc2)cc(-c2cccc3c2-c2ccccc2C32CCCCC2)n1. The molecule has 152 valence electrons. The van der Waals surface area contributed by atoms with E-state index in [0.29, 0.717) is 0 Å². The van der Waals surface area contributed by atoms with Gasteiger partial charge in [0.15, 0.2) is 0 Å². The molecule has 1 heterocycles. The summed E-state index contributed by atoms with van der Waals surface area (Å²) < 4.78 is 0. The first-order chi connectivity index (χ1) is 15.3. The number of hydrogen-bond donors (Lipinski definition) is 0. The Labute approximate surface area is 188 Å². The number of halogens is 1. The van der Waals surface area contributed by atoms with Crippen LogP contribution in [0.4, 0.5) is 0 Å². The van der Waals surface area contributed by atoms with Crippen LogP contribution >= 0.6 is 11.6 Å². The minimum atomic E-state index is 0.138. The Morgan fingerprint density at radius 2 is 1.32 bits per heavy atom. The third kappa shape index (κ3) is 2.93. The lowest BCUT2D eigenvalue weighted by Gasteiger charge is -2.36. The zero-order valence-corrected chi connectivity index (χ0v) is 18.1. The Hall–Kier alpha value is -2.97. The van der Waals surface area contributed by atoms with Gasteiger partial charge in [0, 0.05) is 16.5 Å². The average molecular weight is 423 g/mol. The van der Waals surface area contributed by atoms with Gasteiger partial charge in [0.2, 0.25) is 5.28 Å². The molecule has 1 aromatic heterocycles. The fourth-order valence-electron chi connectivity index (χ4n) is 5.72. The van der Waals surface area contributed by atoms with Crippen LogP contribution in [0.1, 0.15) is 43.2 Å². The summed E-state index contributed by atoms with van der Waals surface area (Å²) in [6.45, 7) is 0. The zero-order valence-electron chi connectivity index (χ0n) is 17.3. The molecule has 0 N–H and O–H groups in total. The lowest BCUT2D eigenvalue weighted by atomic mass is 9.68. The van der Waals surface area contributed by atoms with Crippen LogP contribution in [0.15, 0.2) is 78.9 Å². The summed E-state index contributed by atoms with van der Waals surface area (Å²) in [6.07, 6.45) is 6.35. The zero-order chi connectivity index (χ0) is 20.8. The fourth-order valence-corrected chi connectivity index (χ4v) is 5.91. The van der Waals surface area contributed by atoms with E-state index in [1.54, 1.807) is 0 Å². The Morgan fingerprint density at radius 3 is 2.16 bits per heavy atom. The molecule has 1 spiro atoms.